The number of rotatable bonds is 4. The number of aromatic nitrogens is 3. The summed E-state index contributed by atoms with van der Waals surface area (Å²) in [6.07, 6.45) is 13.5. The van der Waals surface area contributed by atoms with E-state index >= 15 is 0 Å². The van der Waals surface area contributed by atoms with Crippen LogP contribution in [0.25, 0.3) is 11.3 Å². The summed E-state index contributed by atoms with van der Waals surface area (Å²) in [5, 5.41) is 11.0. The summed E-state index contributed by atoms with van der Waals surface area (Å²) >= 11 is 0. The van der Waals surface area contributed by atoms with Gasteiger partial charge in [0.25, 0.3) is 0 Å². The number of aliphatic hydroxyl groups is 1. The second-order valence-corrected chi connectivity index (χ2v) is 7.52. The minimum Gasteiger partial charge on any atom is -0.393 e. The van der Waals surface area contributed by atoms with Crippen molar-refractivity contribution in [2.75, 3.05) is 0 Å². The van der Waals surface area contributed by atoms with Gasteiger partial charge in [-0.05, 0) is 43.7 Å². The topological polar surface area (TPSA) is 50.9 Å². The summed E-state index contributed by atoms with van der Waals surface area (Å²) in [5.41, 5.74) is 4.52. The Morgan fingerprint density at radius 2 is 2.12 bits per heavy atom. The quantitative estimate of drug-likeness (QED) is 0.922. The van der Waals surface area contributed by atoms with Crippen LogP contribution in [0.3, 0.4) is 0 Å². The molecule has 2 aromatic rings. The van der Waals surface area contributed by atoms with Crippen LogP contribution in [0, 0.1) is 12.8 Å². The second-order valence-electron chi connectivity index (χ2n) is 7.52. The Bertz CT molecular complexity index is 732. The fourth-order valence-electron chi connectivity index (χ4n) is 4.95. The van der Waals surface area contributed by atoms with Crippen molar-refractivity contribution in [3.63, 3.8) is 0 Å². The van der Waals surface area contributed by atoms with Crippen molar-refractivity contribution in [1.82, 2.24) is 14.5 Å². The molecule has 128 valence electrons. The molecule has 0 spiro atoms. The molecule has 1 aliphatic heterocycles. The zero-order valence-electron chi connectivity index (χ0n) is 14.7. The smallest absolute Gasteiger partial charge is 0.0962 e. The highest BCUT2D eigenvalue weighted by atomic mass is 16.3. The highest BCUT2D eigenvalue weighted by molar-refractivity contribution is 5.72. The first-order chi connectivity index (χ1) is 11.7. The average molecular weight is 325 g/mol. The van der Waals surface area contributed by atoms with Gasteiger partial charge in [0, 0.05) is 24.4 Å². The van der Waals surface area contributed by atoms with Gasteiger partial charge in [-0.15, -0.1) is 0 Å². The first-order valence-electron chi connectivity index (χ1n) is 9.34. The predicted octanol–water partition coefficient (Wildman–Crippen LogP) is 4.05. The zero-order chi connectivity index (χ0) is 16.7. The third kappa shape index (κ3) is 2.23. The molecule has 1 N–H and O–H groups in total. The molecule has 4 nitrogen and oxygen atoms in total. The van der Waals surface area contributed by atoms with Crippen LogP contribution in [0.4, 0.5) is 0 Å². The van der Waals surface area contributed by atoms with E-state index in [2.05, 4.69) is 34.4 Å². The van der Waals surface area contributed by atoms with Crippen molar-refractivity contribution in [2.45, 2.75) is 70.4 Å². The third-order valence-corrected chi connectivity index (χ3v) is 6.31. The van der Waals surface area contributed by atoms with E-state index in [-0.39, 0.29) is 11.6 Å². The molecule has 0 aromatic carbocycles. The number of aryl methyl sites for hydroxylation is 1. The van der Waals surface area contributed by atoms with Gasteiger partial charge >= 0.3 is 0 Å². The van der Waals surface area contributed by atoms with Crippen LogP contribution >= 0.6 is 0 Å². The summed E-state index contributed by atoms with van der Waals surface area (Å²) in [5.74, 6) is 0.445. The van der Waals surface area contributed by atoms with E-state index in [1.807, 2.05) is 18.7 Å². The summed E-state index contributed by atoms with van der Waals surface area (Å²) in [6, 6.07) is 2.14. The van der Waals surface area contributed by atoms with Gasteiger partial charge in [-0.2, -0.15) is 0 Å². The summed E-state index contributed by atoms with van der Waals surface area (Å²) in [7, 11) is 0. The van der Waals surface area contributed by atoms with Crippen molar-refractivity contribution in [3.8, 4) is 11.3 Å². The summed E-state index contributed by atoms with van der Waals surface area (Å²) in [4.78, 5) is 8.89. The van der Waals surface area contributed by atoms with Gasteiger partial charge < -0.3 is 9.67 Å². The lowest BCUT2D eigenvalue weighted by Crippen LogP contribution is -2.38. The average Bonchev–Trinajstić information content (AvgIpc) is 3.14. The predicted molar refractivity (Wildman–Crippen MR) is 94.8 cm³/mol. The fraction of sp³-hybridized carbons (Fsp3) is 0.600. The van der Waals surface area contributed by atoms with Gasteiger partial charge in [0.05, 0.1) is 29.4 Å². The molecule has 3 heterocycles. The van der Waals surface area contributed by atoms with Crippen molar-refractivity contribution < 1.29 is 5.11 Å². The molecule has 0 saturated heterocycles. The molecule has 0 bridgehead atoms. The maximum Gasteiger partial charge on any atom is 0.0962 e. The Balaban J connectivity index is 1.75. The molecule has 2 aromatic heterocycles. The van der Waals surface area contributed by atoms with E-state index in [0.717, 1.165) is 18.5 Å². The number of hydrogen-bond donors (Lipinski definition) is 1. The summed E-state index contributed by atoms with van der Waals surface area (Å²) in [6.45, 7) is 4.29. The lowest BCUT2D eigenvalue weighted by Gasteiger charge is -2.37. The standard InChI is InChI=1S/C20H27N3O/c1-3-20(11-18(24)15-7-5-4-6-8-15)17-9-10-21-12-16(17)19-14(2)22-13-23(19)20/h9-10,12-13,15,18,24H,3-8,11H2,1-2H3. The number of hydrogen-bond acceptors (Lipinski definition) is 3. The molecule has 0 radical (unpaired) electrons. The normalized spacial score (nSPS) is 24.6. The lowest BCUT2D eigenvalue weighted by atomic mass is 9.76. The number of imidazole rings is 1. The molecular formula is C20H27N3O. The highest BCUT2D eigenvalue weighted by Gasteiger charge is 2.44. The van der Waals surface area contributed by atoms with Gasteiger partial charge in [-0.1, -0.05) is 26.2 Å². The third-order valence-electron chi connectivity index (χ3n) is 6.31. The number of fused-ring (bicyclic) bond motifs is 3. The Labute approximate surface area is 144 Å². The molecule has 2 atom stereocenters. The first kappa shape index (κ1) is 15.8. The largest absolute Gasteiger partial charge is 0.393 e. The maximum absolute atomic E-state index is 11.0. The number of aliphatic hydroxyl groups excluding tert-OH is 1. The minimum atomic E-state index is -0.250. The zero-order valence-corrected chi connectivity index (χ0v) is 14.7. The van der Waals surface area contributed by atoms with E-state index in [9.17, 15) is 5.11 Å². The Morgan fingerprint density at radius 3 is 2.88 bits per heavy atom. The van der Waals surface area contributed by atoms with E-state index in [1.165, 1.54) is 48.9 Å². The van der Waals surface area contributed by atoms with E-state index < -0.39 is 0 Å². The van der Waals surface area contributed by atoms with E-state index in [4.69, 9.17) is 0 Å². The fourth-order valence-corrected chi connectivity index (χ4v) is 4.95. The Morgan fingerprint density at radius 1 is 1.33 bits per heavy atom. The van der Waals surface area contributed by atoms with Crippen LogP contribution in [0.2, 0.25) is 0 Å². The molecule has 4 heteroatoms. The number of pyridine rings is 1. The van der Waals surface area contributed by atoms with Crippen LogP contribution in [-0.2, 0) is 5.54 Å². The molecule has 1 saturated carbocycles. The van der Waals surface area contributed by atoms with Gasteiger partial charge in [0.2, 0.25) is 0 Å². The van der Waals surface area contributed by atoms with Crippen LogP contribution in [-0.4, -0.2) is 25.7 Å². The SMILES string of the molecule is CCC1(CC(O)C2CCCCC2)c2ccncc2-c2c(C)ncn21. The minimum absolute atomic E-state index is 0.189. The summed E-state index contributed by atoms with van der Waals surface area (Å²) < 4.78 is 2.31. The molecule has 0 amide bonds. The molecule has 24 heavy (non-hydrogen) atoms. The van der Waals surface area contributed by atoms with E-state index in [0.29, 0.717) is 5.92 Å². The van der Waals surface area contributed by atoms with Crippen LogP contribution < -0.4 is 0 Å². The first-order valence-corrected chi connectivity index (χ1v) is 9.34. The molecular weight excluding hydrogens is 298 g/mol. The van der Waals surface area contributed by atoms with E-state index in [1.54, 1.807) is 0 Å². The van der Waals surface area contributed by atoms with Crippen molar-refractivity contribution in [1.29, 1.82) is 0 Å². The lowest BCUT2D eigenvalue weighted by molar-refractivity contribution is 0.0484. The Hall–Kier alpha value is -1.68. The van der Waals surface area contributed by atoms with Crippen LogP contribution in [0.15, 0.2) is 24.8 Å². The van der Waals surface area contributed by atoms with Gasteiger partial charge in [0.1, 0.15) is 0 Å². The maximum atomic E-state index is 11.0. The van der Waals surface area contributed by atoms with Gasteiger partial charge in [-0.3, -0.25) is 4.98 Å². The highest BCUT2D eigenvalue weighted by Crippen LogP contribution is 2.49. The van der Waals surface area contributed by atoms with Gasteiger partial charge in [0.15, 0.2) is 0 Å². The molecule has 1 fully saturated rings. The monoisotopic (exact) mass is 325 g/mol. The van der Waals surface area contributed by atoms with Crippen molar-refractivity contribution in [3.05, 3.63) is 36.0 Å². The molecule has 4 rings (SSSR count). The van der Waals surface area contributed by atoms with Gasteiger partial charge in [-0.25, -0.2) is 4.98 Å². The molecule has 2 aliphatic rings. The molecule has 1 aliphatic carbocycles. The van der Waals surface area contributed by atoms with Crippen LogP contribution in [0.5, 0.6) is 0 Å². The molecule has 2 unspecified atom stereocenters. The second kappa shape index (κ2) is 5.99. The van der Waals surface area contributed by atoms with Crippen molar-refractivity contribution in [2.24, 2.45) is 5.92 Å². The Kier molecular flexibility index (Phi) is 3.95. The van der Waals surface area contributed by atoms with Crippen LogP contribution in [0.1, 0.15) is 63.1 Å². The number of nitrogens with zero attached hydrogens (tertiary/aromatic N) is 3. The van der Waals surface area contributed by atoms with Crippen molar-refractivity contribution >= 4 is 0 Å².